The molecule has 0 aromatic carbocycles. The van der Waals surface area contributed by atoms with E-state index in [1.54, 1.807) is 0 Å². The Balaban J connectivity index is 4.49. The van der Waals surface area contributed by atoms with Gasteiger partial charge in [-0.1, -0.05) is 214 Å². The van der Waals surface area contributed by atoms with Crippen LogP contribution in [0.15, 0.2) is 109 Å². The average Bonchev–Trinajstić information content (AvgIpc) is 3.34. The monoisotopic (exact) mass is 943 g/mol. The lowest BCUT2D eigenvalue weighted by Gasteiger charge is -2.18. The number of ether oxygens (including phenoxy) is 3. The Bertz CT molecular complexity index is 1410. The van der Waals surface area contributed by atoms with Crippen LogP contribution in [-0.4, -0.2) is 37.2 Å². The van der Waals surface area contributed by atoms with Crippen LogP contribution in [0.1, 0.15) is 245 Å². The van der Waals surface area contributed by atoms with Gasteiger partial charge in [0.15, 0.2) is 6.10 Å². The molecule has 386 valence electrons. The summed E-state index contributed by atoms with van der Waals surface area (Å²) in [4.78, 5) is 38.1. The summed E-state index contributed by atoms with van der Waals surface area (Å²) in [5.41, 5.74) is 0. The Kier molecular flexibility index (Phi) is 52.4. The van der Waals surface area contributed by atoms with Gasteiger partial charge in [-0.2, -0.15) is 0 Å². The third-order valence-corrected chi connectivity index (χ3v) is 11.5. The summed E-state index contributed by atoms with van der Waals surface area (Å²) in [7, 11) is 0. The molecule has 0 heterocycles. The maximum Gasteiger partial charge on any atom is 0.306 e. The van der Waals surface area contributed by atoms with E-state index < -0.39 is 6.10 Å². The zero-order valence-corrected chi connectivity index (χ0v) is 44.1. The molecule has 0 bridgehead atoms. The number of esters is 3. The first-order chi connectivity index (χ1) is 33.5. The number of rotatable bonds is 49. The number of hydrogen-bond acceptors (Lipinski definition) is 6. The van der Waals surface area contributed by atoms with Crippen molar-refractivity contribution in [2.24, 2.45) is 0 Å². The molecule has 0 aliphatic rings. The molecule has 1 unspecified atom stereocenters. The molecule has 0 rings (SSSR count). The van der Waals surface area contributed by atoms with Crippen LogP contribution in [0.5, 0.6) is 0 Å². The fourth-order valence-corrected chi connectivity index (χ4v) is 7.36. The molecule has 0 fully saturated rings. The molecule has 0 aromatic heterocycles. The quantitative estimate of drug-likeness (QED) is 0.0262. The first-order valence-electron chi connectivity index (χ1n) is 27.9. The highest BCUT2D eigenvalue weighted by Gasteiger charge is 2.19. The maximum absolute atomic E-state index is 12.9. The third-order valence-electron chi connectivity index (χ3n) is 11.5. The summed E-state index contributed by atoms with van der Waals surface area (Å²) in [5, 5.41) is 0. The lowest BCUT2D eigenvalue weighted by atomic mass is 10.1. The van der Waals surface area contributed by atoms with Crippen LogP contribution in [0.4, 0.5) is 0 Å². The predicted molar refractivity (Wildman–Crippen MR) is 293 cm³/mol. The molecule has 0 N–H and O–H groups in total. The largest absolute Gasteiger partial charge is 0.462 e. The highest BCUT2D eigenvalue weighted by atomic mass is 16.6. The van der Waals surface area contributed by atoms with Gasteiger partial charge < -0.3 is 14.2 Å². The van der Waals surface area contributed by atoms with Gasteiger partial charge in [0.25, 0.3) is 0 Å². The summed E-state index contributed by atoms with van der Waals surface area (Å²) >= 11 is 0. The summed E-state index contributed by atoms with van der Waals surface area (Å²) in [6.45, 7) is 6.36. The summed E-state index contributed by atoms with van der Waals surface area (Å²) in [6, 6.07) is 0. The van der Waals surface area contributed by atoms with E-state index in [0.717, 1.165) is 148 Å². The smallest absolute Gasteiger partial charge is 0.306 e. The molecule has 6 nitrogen and oxygen atoms in total. The van der Waals surface area contributed by atoms with E-state index >= 15 is 0 Å². The zero-order chi connectivity index (χ0) is 49.3. The van der Waals surface area contributed by atoms with Crippen molar-refractivity contribution >= 4 is 17.9 Å². The molecule has 6 heteroatoms. The first-order valence-corrected chi connectivity index (χ1v) is 27.9. The van der Waals surface area contributed by atoms with Gasteiger partial charge in [-0.15, -0.1) is 0 Å². The normalized spacial score (nSPS) is 12.9. The molecular weight excluding hydrogens is 841 g/mol. The van der Waals surface area contributed by atoms with Gasteiger partial charge >= 0.3 is 17.9 Å². The third kappa shape index (κ3) is 53.0. The molecule has 0 spiro atoms. The minimum Gasteiger partial charge on any atom is -0.462 e. The van der Waals surface area contributed by atoms with Gasteiger partial charge in [0.05, 0.1) is 0 Å². The Morgan fingerprint density at radius 2 is 0.574 bits per heavy atom. The highest BCUT2D eigenvalue weighted by Crippen LogP contribution is 2.14. The second-order valence-electron chi connectivity index (χ2n) is 18.1. The van der Waals surface area contributed by atoms with E-state index in [1.807, 2.05) is 0 Å². The van der Waals surface area contributed by atoms with Gasteiger partial charge in [-0.25, -0.2) is 0 Å². The first kappa shape index (κ1) is 64.1. The van der Waals surface area contributed by atoms with Crippen molar-refractivity contribution in [1.29, 1.82) is 0 Å². The van der Waals surface area contributed by atoms with Crippen molar-refractivity contribution < 1.29 is 28.6 Å². The molecular formula is C62H102O6. The Morgan fingerprint density at radius 1 is 0.309 bits per heavy atom. The lowest BCUT2D eigenvalue weighted by molar-refractivity contribution is -0.167. The maximum atomic E-state index is 12.9. The Morgan fingerprint density at radius 3 is 0.897 bits per heavy atom. The van der Waals surface area contributed by atoms with Gasteiger partial charge in [0.1, 0.15) is 13.2 Å². The fraction of sp³-hybridized carbons (Fsp3) is 0.661. The number of allylic oxidation sites excluding steroid dienone is 18. The topological polar surface area (TPSA) is 78.9 Å². The van der Waals surface area contributed by atoms with Crippen molar-refractivity contribution in [2.45, 2.75) is 252 Å². The molecule has 0 amide bonds. The lowest BCUT2D eigenvalue weighted by Crippen LogP contribution is -2.30. The minimum atomic E-state index is -0.802. The van der Waals surface area contributed by atoms with E-state index in [9.17, 15) is 14.4 Å². The van der Waals surface area contributed by atoms with Crippen molar-refractivity contribution in [3.8, 4) is 0 Å². The van der Waals surface area contributed by atoms with Gasteiger partial charge in [-0.3, -0.25) is 14.4 Å². The van der Waals surface area contributed by atoms with Crippen LogP contribution in [0.3, 0.4) is 0 Å². The molecule has 0 saturated carbocycles. The number of carbonyl (C=O) groups is 3. The zero-order valence-electron chi connectivity index (χ0n) is 44.1. The fourth-order valence-electron chi connectivity index (χ4n) is 7.36. The average molecular weight is 943 g/mol. The minimum absolute atomic E-state index is 0.0991. The second kappa shape index (κ2) is 55.7. The van der Waals surface area contributed by atoms with E-state index in [-0.39, 0.29) is 31.1 Å². The van der Waals surface area contributed by atoms with Crippen LogP contribution in [0.2, 0.25) is 0 Å². The van der Waals surface area contributed by atoms with Gasteiger partial charge in [0.2, 0.25) is 0 Å². The molecule has 0 aliphatic heterocycles. The SMILES string of the molecule is CC/C=C\C/C=C\C/C=C\C/C=C\CCCCCCC(=O)OCC(COC(=O)CCCCCCC/C=C\C/C=C\CCCCCC)OC(=O)CCCCCCCCC/C=C\C/C=C\C/C=C\CC. The van der Waals surface area contributed by atoms with Crippen molar-refractivity contribution in [2.75, 3.05) is 13.2 Å². The van der Waals surface area contributed by atoms with Crippen LogP contribution >= 0.6 is 0 Å². The molecule has 0 aromatic rings. The van der Waals surface area contributed by atoms with Gasteiger partial charge in [-0.05, 0) is 122 Å². The number of hydrogen-bond donors (Lipinski definition) is 0. The van der Waals surface area contributed by atoms with Crippen LogP contribution in [-0.2, 0) is 28.6 Å². The molecule has 1 atom stereocenters. The standard InChI is InChI=1S/C62H102O6/c1-4-7-10-13-16-19-22-25-28-31-34-37-40-43-46-49-52-55-61(64)67-58-59(57-66-60(63)54-51-48-45-42-39-36-33-30-27-24-21-18-15-12-9-6-3)68-62(65)56-53-50-47-44-41-38-35-32-29-26-23-20-17-14-11-8-5-2/h7-8,10-11,16-17,19-21,24-26,28-30,33-34,37,59H,4-6,9,12-15,18,22-23,27,31-32,35-36,38-58H2,1-3H3/b10-7-,11-8-,19-16-,20-17-,24-21-,28-25-,29-26-,33-30-,37-34-. The highest BCUT2D eigenvalue weighted by molar-refractivity contribution is 5.71. The van der Waals surface area contributed by atoms with Crippen molar-refractivity contribution in [3.05, 3.63) is 109 Å². The van der Waals surface area contributed by atoms with E-state index in [1.165, 1.54) is 57.8 Å². The molecule has 68 heavy (non-hydrogen) atoms. The van der Waals surface area contributed by atoms with E-state index in [0.29, 0.717) is 19.3 Å². The summed E-state index contributed by atoms with van der Waals surface area (Å²) < 4.78 is 16.8. The van der Waals surface area contributed by atoms with Gasteiger partial charge in [0, 0.05) is 19.3 Å². The molecule has 0 aliphatic carbocycles. The number of unbranched alkanes of at least 4 members (excludes halogenated alkanes) is 20. The van der Waals surface area contributed by atoms with Crippen molar-refractivity contribution in [1.82, 2.24) is 0 Å². The summed E-state index contributed by atoms with van der Waals surface area (Å²) in [6.07, 6.45) is 75.0. The number of carbonyl (C=O) groups excluding carboxylic acids is 3. The second-order valence-corrected chi connectivity index (χ2v) is 18.1. The van der Waals surface area contributed by atoms with Crippen LogP contribution in [0, 0.1) is 0 Å². The van der Waals surface area contributed by atoms with E-state index in [4.69, 9.17) is 14.2 Å². The van der Waals surface area contributed by atoms with Crippen molar-refractivity contribution in [3.63, 3.8) is 0 Å². The van der Waals surface area contributed by atoms with Crippen LogP contribution in [0.25, 0.3) is 0 Å². The molecule has 0 radical (unpaired) electrons. The van der Waals surface area contributed by atoms with Crippen LogP contribution < -0.4 is 0 Å². The Hall–Kier alpha value is -3.93. The van der Waals surface area contributed by atoms with E-state index in [2.05, 4.69) is 130 Å². The Labute approximate surface area is 419 Å². The summed E-state index contributed by atoms with van der Waals surface area (Å²) in [5.74, 6) is -0.947. The predicted octanol–water partition coefficient (Wildman–Crippen LogP) is 18.7. The molecule has 0 saturated heterocycles.